The second-order valence-electron chi connectivity index (χ2n) is 4.91. The summed E-state index contributed by atoms with van der Waals surface area (Å²) < 4.78 is 32.1. The van der Waals surface area contributed by atoms with E-state index in [1.807, 2.05) is 13.8 Å². The van der Waals surface area contributed by atoms with Gasteiger partial charge < -0.3 is 10.5 Å². The number of hydrogen-bond acceptors (Lipinski definition) is 6. The standard InChI is InChI=1S/C12H19N3O5S/c1-8(2)11(7-20-3)14-21(18,19)12-6-9(15(16)17)4-5-10(12)13/h4-6,8,11,14H,7,13H2,1-3H3. The molecule has 118 valence electrons. The Morgan fingerprint density at radius 1 is 1.43 bits per heavy atom. The number of hydrogen-bond donors (Lipinski definition) is 2. The molecule has 0 aromatic heterocycles. The van der Waals surface area contributed by atoms with Crippen LogP contribution in [0.5, 0.6) is 0 Å². The van der Waals surface area contributed by atoms with Crippen LogP contribution in [0.2, 0.25) is 0 Å². The molecule has 0 radical (unpaired) electrons. The van der Waals surface area contributed by atoms with Crippen molar-refractivity contribution in [2.45, 2.75) is 24.8 Å². The first-order valence-corrected chi connectivity index (χ1v) is 7.72. The number of nitrogens with two attached hydrogens (primary N) is 1. The SMILES string of the molecule is COCC(NS(=O)(=O)c1cc([N+](=O)[O-])ccc1N)C(C)C. The Morgan fingerprint density at radius 2 is 2.05 bits per heavy atom. The largest absolute Gasteiger partial charge is 0.398 e. The van der Waals surface area contributed by atoms with Gasteiger partial charge in [0.1, 0.15) is 4.90 Å². The van der Waals surface area contributed by atoms with Gasteiger partial charge in [0.05, 0.1) is 17.2 Å². The zero-order chi connectivity index (χ0) is 16.2. The minimum atomic E-state index is -3.97. The van der Waals surface area contributed by atoms with Crippen molar-refractivity contribution in [2.24, 2.45) is 5.92 Å². The van der Waals surface area contributed by atoms with E-state index in [1.165, 1.54) is 13.2 Å². The summed E-state index contributed by atoms with van der Waals surface area (Å²) in [6.45, 7) is 3.86. The molecule has 0 aliphatic heterocycles. The van der Waals surface area contributed by atoms with Crippen LogP contribution in [0.15, 0.2) is 23.1 Å². The average Bonchev–Trinajstić information content (AvgIpc) is 2.37. The molecule has 0 heterocycles. The van der Waals surface area contributed by atoms with Crippen molar-refractivity contribution in [3.05, 3.63) is 28.3 Å². The summed E-state index contributed by atoms with van der Waals surface area (Å²) in [5, 5.41) is 10.8. The van der Waals surface area contributed by atoms with E-state index in [9.17, 15) is 18.5 Å². The zero-order valence-corrected chi connectivity index (χ0v) is 12.9. The molecule has 1 unspecified atom stereocenters. The molecule has 0 fully saturated rings. The Labute approximate surface area is 123 Å². The minimum absolute atomic E-state index is 0.0142. The van der Waals surface area contributed by atoms with Crippen molar-refractivity contribution in [3.8, 4) is 0 Å². The molecule has 1 aromatic carbocycles. The van der Waals surface area contributed by atoms with Crippen LogP contribution in [-0.2, 0) is 14.8 Å². The molecule has 0 aliphatic rings. The van der Waals surface area contributed by atoms with Crippen LogP contribution in [0.4, 0.5) is 11.4 Å². The first kappa shape index (κ1) is 17.3. The van der Waals surface area contributed by atoms with Gasteiger partial charge in [0.25, 0.3) is 5.69 Å². The Morgan fingerprint density at radius 3 is 2.52 bits per heavy atom. The van der Waals surface area contributed by atoms with E-state index in [1.54, 1.807) is 0 Å². The highest BCUT2D eigenvalue weighted by Gasteiger charge is 2.26. The fourth-order valence-corrected chi connectivity index (χ4v) is 3.19. The maximum Gasteiger partial charge on any atom is 0.270 e. The van der Waals surface area contributed by atoms with Gasteiger partial charge in [-0.05, 0) is 12.0 Å². The molecule has 0 saturated carbocycles. The van der Waals surface area contributed by atoms with Crippen LogP contribution in [0, 0.1) is 16.0 Å². The Bertz CT molecular complexity index is 615. The van der Waals surface area contributed by atoms with Gasteiger partial charge >= 0.3 is 0 Å². The second-order valence-corrected chi connectivity index (χ2v) is 6.59. The van der Waals surface area contributed by atoms with Crippen molar-refractivity contribution in [1.29, 1.82) is 0 Å². The third kappa shape index (κ3) is 4.38. The monoisotopic (exact) mass is 317 g/mol. The molecular weight excluding hydrogens is 298 g/mol. The normalized spacial score (nSPS) is 13.3. The van der Waals surface area contributed by atoms with E-state index in [0.29, 0.717) is 0 Å². The third-order valence-corrected chi connectivity index (χ3v) is 4.50. The minimum Gasteiger partial charge on any atom is -0.398 e. The number of benzene rings is 1. The number of nitro groups is 1. The Kier molecular flexibility index (Phi) is 5.64. The fourth-order valence-electron chi connectivity index (χ4n) is 1.67. The van der Waals surface area contributed by atoms with Gasteiger partial charge in [-0.15, -0.1) is 0 Å². The molecule has 0 spiro atoms. The van der Waals surface area contributed by atoms with Gasteiger partial charge in [0.2, 0.25) is 10.0 Å². The number of nitrogens with zero attached hydrogens (tertiary/aromatic N) is 1. The van der Waals surface area contributed by atoms with Gasteiger partial charge in [-0.25, -0.2) is 13.1 Å². The highest BCUT2D eigenvalue weighted by Crippen LogP contribution is 2.24. The predicted molar refractivity (Wildman–Crippen MR) is 78.3 cm³/mol. The zero-order valence-electron chi connectivity index (χ0n) is 12.1. The molecule has 1 rings (SSSR count). The molecule has 1 atom stereocenters. The molecule has 8 nitrogen and oxygen atoms in total. The van der Waals surface area contributed by atoms with Gasteiger partial charge in [-0.3, -0.25) is 10.1 Å². The quantitative estimate of drug-likeness (QED) is 0.441. The van der Waals surface area contributed by atoms with E-state index >= 15 is 0 Å². The lowest BCUT2D eigenvalue weighted by atomic mass is 10.1. The number of methoxy groups -OCH3 is 1. The van der Waals surface area contributed by atoms with Gasteiger partial charge in [-0.1, -0.05) is 13.8 Å². The molecule has 9 heteroatoms. The number of nitrogen functional groups attached to an aromatic ring is 1. The molecule has 3 N–H and O–H groups in total. The highest BCUT2D eigenvalue weighted by atomic mass is 32.2. The summed E-state index contributed by atoms with van der Waals surface area (Å²) >= 11 is 0. The molecule has 0 amide bonds. The molecule has 21 heavy (non-hydrogen) atoms. The lowest BCUT2D eigenvalue weighted by Gasteiger charge is -2.21. The first-order valence-electron chi connectivity index (χ1n) is 6.24. The van der Waals surface area contributed by atoms with Crippen LogP contribution >= 0.6 is 0 Å². The Balaban J connectivity index is 3.18. The number of sulfonamides is 1. The number of anilines is 1. The van der Waals surface area contributed by atoms with Crippen LogP contribution in [-0.4, -0.2) is 33.1 Å². The summed E-state index contributed by atoms with van der Waals surface area (Å²) in [4.78, 5) is 9.77. The molecular formula is C12H19N3O5S. The number of non-ortho nitro benzene ring substituents is 1. The van der Waals surface area contributed by atoms with Crippen LogP contribution in [0.3, 0.4) is 0 Å². The summed E-state index contributed by atoms with van der Waals surface area (Å²) in [5.74, 6) is -0.0142. The lowest BCUT2D eigenvalue weighted by Crippen LogP contribution is -2.41. The maximum atomic E-state index is 12.3. The summed E-state index contributed by atoms with van der Waals surface area (Å²) in [6, 6.07) is 2.84. The highest BCUT2D eigenvalue weighted by molar-refractivity contribution is 7.89. The third-order valence-electron chi connectivity index (χ3n) is 2.95. The van der Waals surface area contributed by atoms with Gasteiger partial charge in [0.15, 0.2) is 0 Å². The van der Waals surface area contributed by atoms with E-state index in [4.69, 9.17) is 10.5 Å². The number of ether oxygens (including phenoxy) is 1. The molecule has 0 bridgehead atoms. The van der Waals surface area contributed by atoms with Crippen LogP contribution < -0.4 is 10.5 Å². The number of nitrogens with one attached hydrogen (secondary N) is 1. The second kappa shape index (κ2) is 6.83. The maximum absolute atomic E-state index is 12.3. The first-order chi connectivity index (χ1) is 9.69. The van der Waals surface area contributed by atoms with E-state index in [-0.39, 0.29) is 28.8 Å². The number of nitro benzene ring substituents is 1. The van der Waals surface area contributed by atoms with Crippen molar-refractivity contribution in [1.82, 2.24) is 4.72 Å². The van der Waals surface area contributed by atoms with Gasteiger partial charge in [-0.2, -0.15) is 0 Å². The van der Waals surface area contributed by atoms with Crippen molar-refractivity contribution in [2.75, 3.05) is 19.5 Å². The van der Waals surface area contributed by atoms with Crippen molar-refractivity contribution < 1.29 is 18.1 Å². The predicted octanol–water partition coefficient (Wildman–Crippen LogP) is 1.13. The number of rotatable bonds is 7. The van der Waals surface area contributed by atoms with Crippen LogP contribution in [0.25, 0.3) is 0 Å². The summed E-state index contributed by atoms with van der Waals surface area (Å²) in [7, 11) is -2.51. The lowest BCUT2D eigenvalue weighted by molar-refractivity contribution is -0.385. The molecule has 0 aliphatic carbocycles. The van der Waals surface area contributed by atoms with E-state index in [2.05, 4.69) is 4.72 Å². The molecule has 0 saturated heterocycles. The van der Waals surface area contributed by atoms with Gasteiger partial charge in [0, 0.05) is 25.3 Å². The van der Waals surface area contributed by atoms with E-state index in [0.717, 1.165) is 12.1 Å². The van der Waals surface area contributed by atoms with E-state index < -0.39 is 21.0 Å². The Hall–Kier alpha value is -1.71. The van der Waals surface area contributed by atoms with Crippen LogP contribution in [0.1, 0.15) is 13.8 Å². The topological polar surface area (TPSA) is 125 Å². The fraction of sp³-hybridized carbons (Fsp3) is 0.500. The molecule has 1 aromatic rings. The van der Waals surface area contributed by atoms with Crippen molar-refractivity contribution >= 4 is 21.4 Å². The average molecular weight is 317 g/mol. The summed E-state index contributed by atoms with van der Waals surface area (Å²) in [6.07, 6.45) is 0. The smallest absolute Gasteiger partial charge is 0.270 e. The van der Waals surface area contributed by atoms with Crippen molar-refractivity contribution in [3.63, 3.8) is 0 Å². The summed E-state index contributed by atoms with van der Waals surface area (Å²) in [5.41, 5.74) is 5.24.